The minimum absolute atomic E-state index is 0.0761. The summed E-state index contributed by atoms with van der Waals surface area (Å²) in [5.41, 5.74) is 4.40. The molecule has 3 unspecified atom stereocenters. The van der Waals surface area contributed by atoms with Gasteiger partial charge in [-0.3, -0.25) is 4.79 Å². The highest BCUT2D eigenvalue weighted by atomic mass is 19.4. The lowest BCUT2D eigenvalue weighted by molar-refractivity contribution is -0.143. The molecule has 1 aromatic rings. The molecule has 0 saturated carbocycles. The number of carboxylic acids is 1. The molecule has 3 N–H and O–H groups in total. The van der Waals surface area contributed by atoms with Gasteiger partial charge in [-0.15, -0.1) is 0 Å². The van der Waals surface area contributed by atoms with Gasteiger partial charge in [-0.05, 0) is 42.9 Å². The maximum Gasteiger partial charge on any atom is 0.416 e. The number of benzene rings is 1. The predicted molar refractivity (Wildman–Crippen MR) is 73.9 cm³/mol. The van der Waals surface area contributed by atoms with Gasteiger partial charge in [0.15, 0.2) is 0 Å². The lowest BCUT2D eigenvalue weighted by Crippen LogP contribution is -2.46. The van der Waals surface area contributed by atoms with Crippen LogP contribution in [0.25, 0.3) is 0 Å². The summed E-state index contributed by atoms with van der Waals surface area (Å²) in [7, 11) is 0. The van der Waals surface area contributed by atoms with Crippen LogP contribution >= 0.6 is 0 Å². The van der Waals surface area contributed by atoms with Crippen molar-refractivity contribution in [2.75, 3.05) is 0 Å². The van der Waals surface area contributed by atoms with Crippen LogP contribution in [0.3, 0.4) is 0 Å². The monoisotopic (exact) mass is 303 g/mol. The number of rotatable bonds is 5. The van der Waals surface area contributed by atoms with Gasteiger partial charge in [-0.1, -0.05) is 26.0 Å². The first kappa shape index (κ1) is 17.5. The van der Waals surface area contributed by atoms with E-state index in [4.69, 9.17) is 10.8 Å². The lowest BCUT2D eigenvalue weighted by atomic mass is 9.80. The Labute approximate surface area is 122 Å². The molecule has 0 amide bonds. The van der Waals surface area contributed by atoms with Crippen LogP contribution in [0.4, 0.5) is 13.2 Å². The van der Waals surface area contributed by atoms with Crippen molar-refractivity contribution in [3.8, 4) is 0 Å². The summed E-state index contributed by atoms with van der Waals surface area (Å²) < 4.78 is 37.5. The van der Waals surface area contributed by atoms with Crippen molar-refractivity contribution in [2.24, 2.45) is 11.7 Å². The van der Waals surface area contributed by atoms with Gasteiger partial charge in [-0.2, -0.15) is 13.2 Å². The van der Waals surface area contributed by atoms with Gasteiger partial charge >= 0.3 is 12.1 Å². The Bertz CT molecular complexity index is 495. The fourth-order valence-corrected chi connectivity index (χ4v) is 2.24. The molecular weight excluding hydrogens is 283 g/mol. The molecule has 0 aliphatic rings. The van der Waals surface area contributed by atoms with Crippen molar-refractivity contribution in [1.29, 1.82) is 0 Å². The Morgan fingerprint density at radius 1 is 1.24 bits per heavy atom. The second-order valence-corrected chi connectivity index (χ2v) is 5.81. The molecule has 0 aromatic heterocycles. The van der Waals surface area contributed by atoms with Gasteiger partial charge in [0.05, 0.1) is 5.56 Å². The molecule has 0 aliphatic heterocycles. The van der Waals surface area contributed by atoms with Crippen LogP contribution in [0.15, 0.2) is 24.3 Å². The van der Waals surface area contributed by atoms with Crippen molar-refractivity contribution >= 4 is 5.97 Å². The standard InChI is InChI=1S/C15H20F3NO2/c1-9(8-14(3,19)13(20)21)10(2)11-4-6-12(7-5-11)15(16,17)18/h4-7,9-10H,8,19H2,1-3H3,(H,20,21). The van der Waals surface area contributed by atoms with Crippen molar-refractivity contribution in [3.63, 3.8) is 0 Å². The molecule has 0 radical (unpaired) electrons. The highest BCUT2D eigenvalue weighted by molar-refractivity contribution is 5.77. The minimum Gasteiger partial charge on any atom is -0.480 e. The molecular formula is C15H20F3NO2. The molecule has 0 saturated heterocycles. The zero-order chi connectivity index (χ0) is 16.4. The van der Waals surface area contributed by atoms with E-state index in [0.717, 1.165) is 17.7 Å². The van der Waals surface area contributed by atoms with Crippen LogP contribution in [-0.2, 0) is 11.0 Å². The molecule has 1 aromatic carbocycles. The van der Waals surface area contributed by atoms with Crippen LogP contribution in [-0.4, -0.2) is 16.6 Å². The van der Waals surface area contributed by atoms with Crippen LogP contribution in [0.1, 0.15) is 44.2 Å². The molecule has 0 fully saturated rings. The summed E-state index contributed by atoms with van der Waals surface area (Å²) >= 11 is 0. The molecule has 3 atom stereocenters. The van der Waals surface area contributed by atoms with E-state index in [1.807, 2.05) is 13.8 Å². The number of alkyl halides is 3. The summed E-state index contributed by atoms with van der Waals surface area (Å²) in [5, 5.41) is 9.02. The van der Waals surface area contributed by atoms with E-state index >= 15 is 0 Å². The Morgan fingerprint density at radius 2 is 1.71 bits per heavy atom. The normalized spacial score (nSPS) is 17.9. The molecule has 21 heavy (non-hydrogen) atoms. The predicted octanol–water partition coefficient (Wildman–Crippen LogP) is 3.64. The second kappa shape index (κ2) is 6.05. The Morgan fingerprint density at radius 3 is 2.10 bits per heavy atom. The van der Waals surface area contributed by atoms with Gasteiger partial charge in [0, 0.05) is 0 Å². The molecule has 3 nitrogen and oxygen atoms in total. The number of carboxylic acid groups (broad SMARTS) is 1. The zero-order valence-corrected chi connectivity index (χ0v) is 12.2. The van der Waals surface area contributed by atoms with Gasteiger partial charge in [0.2, 0.25) is 0 Å². The van der Waals surface area contributed by atoms with Gasteiger partial charge in [-0.25, -0.2) is 0 Å². The summed E-state index contributed by atoms with van der Waals surface area (Å²) in [5.74, 6) is -1.25. The van der Waals surface area contributed by atoms with E-state index in [0.29, 0.717) is 0 Å². The van der Waals surface area contributed by atoms with E-state index in [-0.39, 0.29) is 18.3 Å². The van der Waals surface area contributed by atoms with E-state index < -0.39 is 23.2 Å². The van der Waals surface area contributed by atoms with Crippen LogP contribution < -0.4 is 5.73 Å². The number of aliphatic carboxylic acids is 1. The molecule has 1 rings (SSSR count). The Balaban J connectivity index is 2.84. The number of nitrogens with two attached hydrogens (primary N) is 1. The topological polar surface area (TPSA) is 63.3 Å². The maximum absolute atomic E-state index is 12.5. The van der Waals surface area contributed by atoms with Crippen LogP contribution in [0, 0.1) is 5.92 Å². The molecule has 0 bridgehead atoms. The first-order valence-electron chi connectivity index (χ1n) is 6.64. The van der Waals surface area contributed by atoms with E-state index in [1.165, 1.54) is 19.1 Å². The highest BCUT2D eigenvalue weighted by Gasteiger charge is 2.33. The summed E-state index contributed by atoms with van der Waals surface area (Å²) in [6.07, 6.45) is -4.11. The quantitative estimate of drug-likeness (QED) is 0.873. The van der Waals surface area contributed by atoms with Crippen molar-refractivity contribution < 1.29 is 23.1 Å². The number of hydrogen-bond acceptors (Lipinski definition) is 2. The summed E-state index contributed by atoms with van der Waals surface area (Å²) in [6, 6.07) is 4.94. The number of halogens is 3. The van der Waals surface area contributed by atoms with E-state index in [9.17, 15) is 18.0 Å². The third kappa shape index (κ3) is 4.46. The molecule has 0 heterocycles. The zero-order valence-electron chi connectivity index (χ0n) is 12.2. The minimum atomic E-state index is -4.35. The van der Waals surface area contributed by atoms with Crippen LogP contribution in [0.5, 0.6) is 0 Å². The number of hydrogen-bond donors (Lipinski definition) is 2. The highest BCUT2D eigenvalue weighted by Crippen LogP contribution is 2.33. The summed E-state index contributed by atoms with van der Waals surface area (Å²) in [6.45, 7) is 5.13. The lowest BCUT2D eigenvalue weighted by Gasteiger charge is -2.27. The largest absolute Gasteiger partial charge is 0.480 e. The van der Waals surface area contributed by atoms with E-state index in [1.54, 1.807) is 0 Å². The Hall–Kier alpha value is -1.56. The van der Waals surface area contributed by atoms with E-state index in [2.05, 4.69) is 0 Å². The molecule has 6 heteroatoms. The Kier molecular flexibility index (Phi) is 5.04. The smallest absolute Gasteiger partial charge is 0.416 e. The average Bonchev–Trinajstić information content (AvgIpc) is 2.36. The molecule has 0 aliphatic carbocycles. The molecule has 118 valence electrons. The van der Waals surface area contributed by atoms with Crippen LogP contribution in [0.2, 0.25) is 0 Å². The first-order valence-corrected chi connectivity index (χ1v) is 6.64. The SMILES string of the molecule is CC(CC(C)(N)C(=O)O)C(C)c1ccc(C(F)(F)F)cc1. The fraction of sp³-hybridized carbons (Fsp3) is 0.533. The summed E-state index contributed by atoms with van der Waals surface area (Å²) in [4.78, 5) is 11.0. The number of carbonyl (C=O) groups is 1. The van der Waals surface area contributed by atoms with Crippen molar-refractivity contribution in [2.45, 2.75) is 44.8 Å². The third-order valence-corrected chi connectivity index (χ3v) is 3.85. The molecule has 0 spiro atoms. The first-order chi connectivity index (χ1) is 9.45. The van der Waals surface area contributed by atoms with Crippen molar-refractivity contribution in [3.05, 3.63) is 35.4 Å². The van der Waals surface area contributed by atoms with Gasteiger partial charge < -0.3 is 10.8 Å². The maximum atomic E-state index is 12.5. The van der Waals surface area contributed by atoms with Crippen molar-refractivity contribution in [1.82, 2.24) is 0 Å². The fourth-order valence-electron chi connectivity index (χ4n) is 2.24. The second-order valence-electron chi connectivity index (χ2n) is 5.81. The average molecular weight is 303 g/mol. The van der Waals surface area contributed by atoms with Gasteiger partial charge in [0.25, 0.3) is 0 Å². The third-order valence-electron chi connectivity index (χ3n) is 3.85. The van der Waals surface area contributed by atoms with Gasteiger partial charge in [0.1, 0.15) is 5.54 Å².